The van der Waals surface area contributed by atoms with E-state index in [1.807, 2.05) is 0 Å². The van der Waals surface area contributed by atoms with Gasteiger partial charge in [0.1, 0.15) is 46.0 Å². The van der Waals surface area contributed by atoms with Gasteiger partial charge in [0, 0.05) is 83.7 Å². The van der Waals surface area contributed by atoms with Gasteiger partial charge in [0.05, 0.1) is 44.4 Å². The van der Waals surface area contributed by atoms with Gasteiger partial charge in [-0.15, -0.1) is 0 Å². The summed E-state index contributed by atoms with van der Waals surface area (Å²) in [7, 11) is 0. The third kappa shape index (κ3) is 11.5. The maximum atomic E-state index is 7.69. The normalized spacial score (nSPS) is 15.4. The van der Waals surface area contributed by atoms with E-state index in [2.05, 4.69) is 544 Å². The van der Waals surface area contributed by atoms with Crippen LogP contribution in [-0.2, 0) is 21.7 Å². The Labute approximate surface area is 868 Å². The van der Waals surface area contributed by atoms with E-state index in [0.717, 1.165) is 207 Å². The summed E-state index contributed by atoms with van der Waals surface area (Å²) in [4.78, 5) is 5.12. The van der Waals surface area contributed by atoms with Crippen molar-refractivity contribution in [1.29, 1.82) is 0 Å². The molecular weight excluding hydrogens is 1820 g/mol. The van der Waals surface area contributed by atoms with Gasteiger partial charge >= 0.3 is 0 Å². The molecule has 4 aliphatic carbocycles. The van der Waals surface area contributed by atoms with Crippen LogP contribution >= 0.6 is 0 Å². The maximum absolute atomic E-state index is 7.69. The fourth-order valence-corrected chi connectivity index (χ4v) is 27.8. The Bertz CT molecular complexity index is 9800. The minimum absolute atomic E-state index is 0.666. The molecule has 24 aromatic carbocycles. The van der Waals surface area contributed by atoms with Crippen molar-refractivity contribution in [2.75, 3.05) is 9.80 Å². The second-order valence-corrected chi connectivity index (χ2v) is 40.7. The standard InChI is InChI=1S/C144H88N2O4/c1-3-34-89(35-4-1)91-68-72-93(73-69-91)100-38-11-23-58-125(100)145(127-60-32-55-120-138(127)106-42-9-15-47-111(106)141(120)113-49-17-25-62-129(113)147-130-63-26-18-50-114(130)141)98-81-82-102-96(86-98)79-85-122-136(102)104-40-7-14-46-110(104)144(122)118-54-22-30-67-134(118)150-140-103(44-31-57-124(140)144)97-78-83-119-135(87-97)149-133-66-29-21-53-117(133)143(119)112-48-16-10-43-107(112)139-121(143)56-33-61-128(139)146(126-59-24-12-39-101(126)94-74-70-92(71-75-94)90-36-5-2-6-37-90)99-80-76-95-77-84-123-137(108(95)88-99)105-41-8-13-45-109(105)142(123)115-51-19-27-64-131(115)148-132-65-28-20-52-116(132)142/h1-88H. The maximum Gasteiger partial charge on any atom is 0.140 e. The number of hydrogen-bond donors (Lipinski definition) is 0. The molecule has 698 valence electrons. The molecule has 0 amide bonds. The highest BCUT2D eigenvalue weighted by atomic mass is 16.5. The molecule has 6 heteroatoms. The van der Waals surface area contributed by atoms with E-state index >= 15 is 0 Å². The third-order valence-electron chi connectivity index (χ3n) is 33.7. The molecule has 4 heterocycles. The quantitative estimate of drug-likeness (QED) is 0.129. The molecule has 8 aliphatic rings. The number of fused-ring (bicyclic) bond motifs is 40. The lowest BCUT2D eigenvalue weighted by Crippen LogP contribution is -2.32. The molecule has 0 fully saturated rings. The lowest BCUT2D eigenvalue weighted by molar-refractivity contribution is 0.435. The second kappa shape index (κ2) is 32.1. The molecule has 0 saturated heterocycles. The molecule has 150 heavy (non-hydrogen) atoms. The van der Waals surface area contributed by atoms with Crippen molar-refractivity contribution in [3.8, 4) is 146 Å². The second-order valence-electron chi connectivity index (χ2n) is 40.7. The first kappa shape index (κ1) is 84.0. The number of anilines is 6. The summed E-state index contributed by atoms with van der Waals surface area (Å²) in [6.07, 6.45) is 0. The molecule has 0 aromatic heterocycles. The van der Waals surface area contributed by atoms with E-state index in [1.54, 1.807) is 0 Å². The summed E-state index contributed by atoms with van der Waals surface area (Å²) in [5.74, 6) is 6.61. The summed E-state index contributed by atoms with van der Waals surface area (Å²) in [5, 5.41) is 4.58. The lowest BCUT2D eigenvalue weighted by Gasteiger charge is -2.40. The van der Waals surface area contributed by atoms with Crippen molar-refractivity contribution < 1.29 is 18.9 Å². The Balaban J connectivity index is 0.560. The van der Waals surface area contributed by atoms with E-state index in [0.29, 0.717) is 0 Å². The zero-order valence-electron chi connectivity index (χ0n) is 81.3. The van der Waals surface area contributed by atoms with Gasteiger partial charge < -0.3 is 28.7 Å². The van der Waals surface area contributed by atoms with E-state index in [1.165, 1.54) is 83.5 Å². The van der Waals surface area contributed by atoms with Crippen LogP contribution in [0.1, 0.15) is 89.0 Å². The molecule has 0 radical (unpaired) electrons. The first-order valence-corrected chi connectivity index (χ1v) is 51.9. The van der Waals surface area contributed by atoms with E-state index < -0.39 is 21.7 Å². The third-order valence-corrected chi connectivity index (χ3v) is 33.7. The zero-order valence-corrected chi connectivity index (χ0v) is 81.3. The van der Waals surface area contributed by atoms with Crippen molar-refractivity contribution in [2.24, 2.45) is 0 Å². The number of ether oxygens (including phenoxy) is 4. The van der Waals surface area contributed by atoms with Gasteiger partial charge in [-0.05, 0) is 229 Å². The van der Waals surface area contributed by atoms with Gasteiger partial charge in [0.25, 0.3) is 0 Å². The van der Waals surface area contributed by atoms with Crippen molar-refractivity contribution in [2.45, 2.75) is 21.7 Å². The predicted octanol–water partition coefficient (Wildman–Crippen LogP) is 37.1. The molecule has 4 spiro atoms. The Hall–Kier alpha value is -19.4. The lowest BCUT2D eigenvalue weighted by atomic mass is 9.65. The fraction of sp³-hybridized carbons (Fsp3) is 0.0278. The summed E-state index contributed by atoms with van der Waals surface area (Å²) in [5.41, 5.74) is 42.0. The summed E-state index contributed by atoms with van der Waals surface area (Å²) in [6.45, 7) is 0. The first-order chi connectivity index (χ1) is 74.4. The Morgan fingerprint density at radius 2 is 0.420 bits per heavy atom. The highest BCUT2D eigenvalue weighted by molar-refractivity contribution is 6.12. The van der Waals surface area contributed by atoms with Crippen molar-refractivity contribution >= 4 is 55.7 Å². The van der Waals surface area contributed by atoms with E-state index in [4.69, 9.17) is 18.9 Å². The first-order valence-electron chi connectivity index (χ1n) is 51.9. The van der Waals surface area contributed by atoms with Gasteiger partial charge in [0.15, 0.2) is 0 Å². The molecule has 24 aromatic rings. The Morgan fingerprint density at radius 3 is 0.873 bits per heavy atom. The van der Waals surface area contributed by atoms with Gasteiger partial charge in [-0.25, -0.2) is 0 Å². The van der Waals surface area contributed by atoms with Gasteiger partial charge in [-0.3, -0.25) is 0 Å². The minimum Gasteiger partial charge on any atom is -0.457 e. The highest BCUT2D eigenvalue weighted by Crippen LogP contribution is 2.71. The average Bonchev–Trinajstić information content (AvgIpc) is 1.51. The van der Waals surface area contributed by atoms with E-state index in [9.17, 15) is 0 Å². The van der Waals surface area contributed by atoms with Crippen molar-refractivity contribution in [3.63, 3.8) is 0 Å². The van der Waals surface area contributed by atoms with Crippen LogP contribution in [0.5, 0.6) is 46.0 Å². The zero-order chi connectivity index (χ0) is 98.2. The molecular formula is C144H88N2O4. The molecule has 4 aliphatic heterocycles. The van der Waals surface area contributed by atoms with Crippen LogP contribution in [0.25, 0.3) is 122 Å². The highest BCUT2D eigenvalue weighted by Gasteiger charge is 2.58. The van der Waals surface area contributed by atoms with Crippen LogP contribution in [0, 0.1) is 0 Å². The minimum atomic E-state index is -0.889. The van der Waals surface area contributed by atoms with Crippen LogP contribution < -0.4 is 28.7 Å². The summed E-state index contributed by atoms with van der Waals surface area (Å²) >= 11 is 0. The van der Waals surface area contributed by atoms with Crippen LogP contribution in [0.2, 0.25) is 0 Å². The van der Waals surface area contributed by atoms with Crippen LogP contribution in [0.4, 0.5) is 34.1 Å². The average molecular weight is 1910 g/mol. The van der Waals surface area contributed by atoms with E-state index in [-0.39, 0.29) is 0 Å². The Kier molecular flexibility index (Phi) is 17.9. The number of rotatable bonds is 11. The molecule has 6 nitrogen and oxygen atoms in total. The fourth-order valence-electron chi connectivity index (χ4n) is 27.8. The molecule has 2 atom stereocenters. The van der Waals surface area contributed by atoms with Gasteiger partial charge in [0.2, 0.25) is 0 Å². The summed E-state index contributed by atoms with van der Waals surface area (Å²) in [6, 6.07) is 198. The van der Waals surface area contributed by atoms with Crippen molar-refractivity contribution in [3.05, 3.63) is 623 Å². The number of benzene rings is 24. The van der Waals surface area contributed by atoms with Gasteiger partial charge in [-0.2, -0.15) is 0 Å². The topological polar surface area (TPSA) is 43.4 Å². The summed E-state index contributed by atoms with van der Waals surface area (Å²) < 4.78 is 29.1. The largest absolute Gasteiger partial charge is 0.457 e. The monoisotopic (exact) mass is 1910 g/mol. The predicted molar refractivity (Wildman–Crippen MR) is 608 cm³/mol. The molecule has 32 rings (SSSR count). The number of para-hydroxylation sites is 9. The number of nitrogens with zero attached hydrogens (tertiary/aromatic N) is 2. The van der Waals surface area contributed by atoms with Crippen molar-refractivity contribution in [1.82, 2.24) is 0 Å². The van der Waals surface area contributed by atoms with Crippen LogP contribution in [0.15, 0.2) is 534 Å². The van der Waals surface area contributed by atoms with Crippen LogP contribution in [-0.4, -0.2) is 0 Å². The molecule has 0 saturated carbocycles. The van der Waals surface area contributed by atoms with Gasteiger partial charge in [-0.1, -0.05) is 443 Å². The number of hydrogen-bond acceptors (Lipinski definition) is 6. The SMILES string of the molecule is c1ccc(-c2ccc(-c3ccccc3N(c3ccc4c5c(ccc4c3)C3(c4ccccc4Oc4c(-c6ccc7c(c6)Oc6ccccc6C76c7ccccc7-c7c(N(c8ccc9ccc%10c(c9c8)-c8ccccc8C%108c9ccccc9Oc9ccccc98)c8ccccc8-c8ccc(-c9ccccc9)cc8)cccc76)cccc43)c3ccccc3-5)c3cccc4c3-c3ccccc3C43c4ccccc4Oc4ccccc43)cc2)cc1. The smallest absolute Gasteiger partial charge is 0.140 e. The Morgan fingerprint density at radius 1 is 0.140 bits per heavy atom. The molecule has 2 unspecified atom stereocenters. The molecule has 0 N–H and O–H groups in total. The van der Waals surface area contributed by atoms with Crippen LogP contribution in [0.3, 0.4) is 0 Å². The molecule has 0 bridgehead atoms.